The number of nitrogens with one attached hydrogen (secondary N) is 1. The molecule has 2 nitrogen and oxygen atoms in total. The summed E-state index contributed by atoms with van der Waals surface area (Å²) in [6.45, 7) is 2.43. The average Bonchev–Trinajstić information content (AvgIpc) is 2.83. The third-order valence-corrected chi connectivity index (χ3v) is 4.35. The Morgan fingerprint density at radius 2 is 2.19 bits per heavy atom. The molecule has 0 saturated heterocycles. The summed E-state index contributed by atoms with van der Waals surface area (Å²) in [7, 11) is 0. The van der Waals surface area contributed by atoms with Crippen molar-refractivity contribution in [3.05, 3.63) is 21.4 Å². The van der Waals surface area contributed by atoms with E-state index in [1.165, 1.54) is 30.6 Å². The molecule has 0 spiro atoms. The average molecular weight is 239 g/mol. The van der Waals surface area contributed by atoms with Crippen molar-refractivity contribution in [1.82, 2.24) is 5.32 Å². The van der Waals surface area contributed by atoms with Crippen LogP contribution >= 0.6 is 11.3 Å². The first-order chi connectivity index (χ1) is 7.90. The van der Waals surface area contributed by atoms with Gasteiger partial charge < -0.3 is 10.4 Å². The second kappa shape index (κ2) is 6.38. The number of hydrogen-bond acceptors (Lipinski definition) is 3. The molecule has 0 amide bonds. The van der Waals surface area contributed by atoms with Gasteiger partial charge in [0.25, 0.3) is 0 Å². The van der Waals surface area contributed by atoms with E-state index in [2.05, 4.69) is 11.4 Å². The van der Waals surface area contributed by atoms with Crippen LogP contribution in [-0.2, 0) is 19.4 Å². The van der Waals surface area contributed by atoms with E-state index in [9.17, 15) is 0 Å². The van der Waals surface area contributed by atoms with Gasteiger partial charge in [0.1, 0.15) is 0 Å². The molecule has 0 saturated carbocycles. The molecule has 1 aromatic heterocycles. The van der Waals surface area contributed by atoms with Crippen molar-refractivity contribution < 1.29 is 5.11 Å². The second-order valence-electron chi connectivity index (χ2n) is 4.48. The van der Waals surface area contributed by atoms with E-state index in [-0.39, 0.29) is 0 Å². The van der Waals surface area contributed by atoms with E-state index in [1.807, 2.05) is 11.3 Å². The molecule has 1 aromatic rings. The Morgan fingerprint density at radius 1 is 1.25 bits per heavy atom. The summed E-state index contributed by atoms with van der Waals surface area (Å²) in [6.07, 6.45) is 7.19. The zero-order valence-electron chi connectivity index (χ0n) is 9.80. The highest BCUT2D eigenvalue weighted by molar-refractivity contribution is 7.12. The first kappa shape index (κ1) is 12.1. The molecule has 0 radical (unpaired) electrons. The topological polar surface area (TPSA) is 32.3 Å². The van der Waals surface area contributed by atoms with Crippen LogP contribution in [0.25, 0.3) is 0 Å². The molecule has 16 heavy (non-hydrogen) atoms. The molecule has 2 rings (SSSR count). The van der Waals surface area contributed by atoms with Crippen molar-refractivity contribution in [2.75, 3.05) is 13.2 Å². The van der Waals surface area contributed by atoms with Gasteiger partial charge in [0, 0.05) is 22.9 Å². The molecule has 2 N–H and O–H groups in total. The van der Waals surface area contributed by atoms with Gasteiger partial charge in [0.15, 0.2) is 0 Å². The zero-order valence-corrected chi connectivity index (χ0v) is 10.6. The number of unbranched alkanes of at least 4 members (excludes halogenated alkanes) is 2. The lowest BCUT2D eigenvalue weighted by molar-refractivity contribution is 0.283. The van der Waals surface area contributed by atoms with Gasteiger partial charge in [-0.05, 0) is 56.7 Å². The molecular formula is C13H21NOS. The van der Waals surface area contributed by atoms with E-state index in [0.717, 1.165) is 25.9 Å². The summed E-state index contributed by atoms with van der Waals surface area (Å²) in [5.41, 5.74) is 1.60. The van der Waals surface area contributed by atoms with Gasteiger partial charge >= 0.3 is 0 Å². The predicted molar refractivity (Wildman–Crippen MR) is 69.0 cm³/mol. The number of thiophene rings is 1. The normalized spacial score (nSPS) is 14.3. The van der Waals surface area contributed by atoms with Crippen LogP contribution in [0.2, 0.25) is 0 Å². The monoisotopic (exact) mass is 239 g/mol. The summed E-state index contributed by atoms with van der Waals surface area (Å²) >= 11 is 1.99. The van der Waals surface area contributed by atoms with E-state index in [0.29, 0.717) is 6.61 Å². The maximum Gasteiger partial charge on any atom is 0.0431 e. The molecule has 0 unspecified atom stereocenters. The first-order valence-corrected chi connectivity index (χ1v) is 7.14. The van der Waals surface area contributed by atoms with Crippen LogP contribution in [0.3, 0.4) is 0 Å². The van der Waals surface area contributed by atoms with Crippen molar-refractivity contribution in [3.8, 4) is 0 Å². The Labute approximate surface area is 102 Å². The maximum atomic E-state index is 8.65. The number of aliphatic hydroxyl groups excluding tert-OH is 1. The van der Waals surface area contributed by atoms with Crippen molar-refractivity contribution in [2.24, 2.45) is 0 Å². The number of rotatable bonds is 7. The third kappa shape index (κ3) is 3.30. The fourth-order valence-electron chi connectivity index (χ4n) is 2.23. The standard InChI is InChI=1S/C13H21NOS/c15-8-3-1-2-7-14-10-12-9-11-5-4-6-13(11)16-12/h9,14-15H,1-8,10H2. The Kier molecular flexibility index (Phi) is 4.82. The fraction of sp³-hybridized carbons (Fsp3) is 0.692. The molecule has 0 aliphatic heterocycles. The van der Waals surface area contributed by atoms with E-state index in [1.54, 1.807) is 10.4 Å². The third-order valence-electron chi connectivity index (χ3n) is 3.11. The first-order valence-electron chi connectivity index (χ1n) is 6.32. The summed E-state index contributed by atoms with van der Waals surface area (Å²) in [4.78, 5) is 3.11. The minimum atomic E-state index is 0.331. The van der Waals surface area contributed by atoms with Crippen LogP contribution < -0.4 is 5.32 Å². The summed E-state index contributed by atoms with van der Waals surface area (Å²) in [6, 6.07) is 2.38. The Morgan fingerprint density at radius 3 is 3.00 bits per heavy atom. The molecule has 0 fully saturated rings. The van der Waals surface area contributed by atoms with Gasteiger partial charge in [0.2, 0.25) is 0 Å². The lowest BCUT2D eigenvalue weighted by Crippen LogP contribution is -2.13. The zero-order chi connectivity index (χ0) is 11.2. The lowest BCUT2D eigenvalue weighted by atomic mass is 10.2. The van der Waals surface area contributed by atoms with Gasteiger partial charge in [-0.25, -0.2) is 0 Å². The minimum Gasteiger partial charge on any atom is -0.396 e. The van der Waals surface area contributed by atoms with E-state index in [4.69, 9.17) is 5.11 Å². The van der Waals surface area contributed by atoms with Crippen LogP contribution in [0.4, 0.5) is 0 Å². The van der Waals surface area contributed by atoms with Gasteiger partial charge in [-0.3, -0.25) is 0 Å². The summed E-state index contributed by atoms with van der Waals surface area (Å²) < 4.78 is 0. The van der Waals surface area contributed by atoms with Crippen molar-refractivity contribution in [2.45, 2.75) is 45.1 Å². The van der Waals surface area contributed by atoms with Gasteiger partial charge in [-0.2, -0.15) is 0 Å². The molecular weight excluding hydrogens is 218 g/mol. The molecule has 1 aliphatic rings. The van der Waals surface area contributed by atoms with Crippen molar-refractivity contribution >= 4 is 11.3 Å². The predicted octanol–water partition coefficient (Wildman–Crippen LogP) is 2.49. The number of hydrogen-bond donors (Lipinski definition) is 2. The van der Waals surface area contributed by atoms with E-state index < -0.39 is 0 Å². The van der Waals surface area contributed by atoms with Crippen LogP contribution in [0.5, 0.6) is 0 Å². The van der Waals surface area contributed by atoms with Gasteiger partial charge in [0.05, 0.1) is 0 Å². The van der Waals surface area contributed by atoms with Crippen LogP contribution in [0, 0.1) is 0 Å². The quantitative estimate of drug-likeness (QED) is 0.717. The molecule has 90 valence electrons. The maximum absolute atomic E-state index is 8.65. The Balaban J connectivity index is 1.62. The van der Waals surface area contributed by atoms with Crippen LogP contribution in [-0.4, -0.2) is 18.3 Å². The second-order valence-corrected chi connectivity index (χ2v) is 5.70. The van der Waals surface area contributed by atoms with Crippen LogP contribution in [0.15, 0.2) is 6.07 Å². The minimum absolute atomic E-state index is 0.331. The largest absolute Gasteiger partial charge is 0.396 e. The SMILES string of the molecule is OCCCCCNCc1cc2c(s1)CCC2. The van der Waals surface area contributed by atoms with E-state index >= 15 is 0 Å². The molecule has 1 heterocycles. The Hall–Kier alpha value is -0.380. The molecule has 1 aliphatic carbocycles. The summed E-state index contributed by atoms with van der Waals surface area (Å²) in [5.74, 6) is 0. The molecule has 0 bridgehead atoms. The van der Waals surface area contributed by atoms with Crippen molar-refractivity contribution in [1.29, 1.82) is 0 Å². The highest BCUT2D eigenvalue weighted by atomic mass is 32.1. The fourth-order valence-corrected chi connectivity index (χ4v) is 3.46. The smallest absolute Gasteiger partial charge is 0.0431 e. The number of aliphatic hydroxyl groups is 1. The summed E-state index contributed by atoms with van der Waals surface area (Å²) in [5, 5.41) is 12.1. The number of fused-ring (bicyclic) bond motifs is 1. The molecule has 3 heteroatoms. The van der Waals surface area contributed by atoms with Gasteiger partial charge in [-0.1, -0.05) is 0 Å². The molecule has 0 atom stereocenters. The highest BCUT2D eigenvalue weighted by Crippen LogP contribution is 2.30. The molecule has 0 aromatic carbocycles. The lowest BCUT2D eigenvalue weighted by Gasteiger charge is -2.02. The number of aryl methyl sites for hydroxylation is 2. The highest BCUT2D eigenvalue weighted by Gasteiger charge is 2.14. The Bertz CT molecular complexity index is 300. The van der Waals surface area contributed by atoms with Crippen LogP contribution in [0.1, 0.15) is 41.0 Å². The van der Waals surface area contributed by atoms with Crippen molar-refractivity contribution in [3.63, 3.8) is 0 Å². The van der Waals surface area contributed by atoms with Gasteiger partial charge in [-0.15, -0.1) is 11.3 Å².